The van der Waals surface area contributed by atoms with E-state index in [1.165, 1.54) is 24.2 Å². The third-order valence-electron chi connectivity index (χ3n) is 3.09. The van der Waals surface area contributed by atoms with Gasteiger partial charge in [-0.15, -0.1) is 0 Å². The number of benzene rings is 1. The highest BCUT2D eigenvalue weighted by molar-refractivity contribution is 6.33. The van der Waals surface area contributed by atoms with Gasteiger partial charge in [0.15, 0.2) is 0 Å². The second-order valence-electron chi connectivity index (χ2n) is 4.50. The number of carbonyl (C=O) groups excluding carboxylic acids is 1. The number of carbonyl (C=O) groups is 1. The number of aromatic hydroxyl groups is 1. The van der Waals surface area contributed by atoms with Gasteiger partial charge in [-0.3, -0.25) is 4.90 Å². The molecule has 1 fully saturated rings. The van der Waals surface area contributed by atoms with Crippen molar-refractivity contribution < 1.29 is 19.4 Å². The molecular formula is C15H16ClNO4. The summed E-state index contributed by atoms with van der Waals surface area (Å²) in [5, 5.41) is 9.88. The highest BCUT2D eigenvalue weighted by atomic mass is 35.5. The van der Waals surface area contributed by atoms with Crippen molar-refractivity contribution in [1.82, 2.24) is 4.90 Å². The van der Waals surface area contributed by atoms with Crippen LogP contribution in [-0.2, 0) is 9.47 Å². The summed E-state index contributed by atoms with van der Waals surface area (Å²) >= 11 is 6.08. The lowest BCUT2D eigenvalue weighted by atomic mass is 10.0. The first-order valence-corrected chi connectivity index (χ1v) is 6.72. The van der Waals surface area contributed by atoms with Crippen molar-refractivity contribution in [3.05, 3.63) is 47.0 Å². The lowest BCUT2D eigenvalue weighted by Crippen LogP contribution is -2.45. The van der Waals surface area contributed by atoms with Gasteiger partial charge in [0.05, 0.1) is 25.2 Å². The molecule has 1 heterocycles. The monoisotopic (exact) mass is 309 g/mol. The fourth-order valence-corrected chi connectivity index (χ4v) is 2.26. The molecule has 21 heavy (non-hydrogen) atoms. The summed E-state index contributed by atoms with van der Waals surface area (Å²) in [5.74, 6) is 0.564. The Kier molecular flexibility index (Phi) is 4.75. The van der Waals surface area contributed by atoms with Crippen LogP contribution in [0, 0.1) is 0 Å². The van der Waals surface area contributed by atoms with E-state index in [2.05, 4.69) is 6.58 Å². The van der Waals surface area contributed by atoms with Crippen molar-refractivity contribution >= 4 is 23.5 Å². The molecule has 2 rings (SSSR count). The highest BCUT2D eigenvalue weighted by Crippen LogP contribution is 2.35. The van der Waals surface area contributed by atoms with E-state index in [0.29, 0.717) is 24.4 Å². The Labute approximate surface area is 128 Å². The molecule has 5 nitrogen and oxygen atoms in total. The van der Waals surface area contributed by atoms with Crippen LogP contribution in [0.25, 0.3) is 5.76 Å². The molecule has 0 aliphatic carbocycles. The molecule has 0 atom stereocenters. The van der Waals surface area contributed by atoms with Crippen LogP contribution >= 0.6 is 11.6 Å². The fraction of sp³-hybridized carbons (Fsp3) is 0.267. The molecule has 0 bridgehead atoms. The minimum Gasteiger partial charge on any atom is -0.506 e. The summed E-state index contributed by atoms with van der Waals surface area (Å²) in [6.07, 6.45) is 1.12. The Hall–Kier alpha value is -2.14. The van der Waals surface area contributed by atoms with Gasteiger partial charge in [0, 0.05) is 11.1 Å². The topological polar surface area (TPSA) is 59.0 Å². The molecule has 1 N–H and O–H groups in total. The van der Waals surface area contributed by atoms with Crippen LogP contribution in [0.5, 0.6) is 5.75 Å². The molecule has 0 aromatic heterocycles. The maximum absolute atomic E-state index is 11.6. The van der Waals surface area contributed by atoms with Crippen LogP contribution in [0.15, 0.2) is 36.4 Å². The zero-order chi connectivity index (χ0) is 15.4. The van der Waals surface area contributed by atoms with Crippen LogP contribution in [0.1, 0.15) is 5.56 Å². The van der Waals surface area contributed by atoms with Gasteiger partial charge in [-0.1, -0.05) is 30.3 Å². The Morgan fingerprint density at radius 3 is 2.86 bits per heavy atom. The fourth-order valence-electron chi connectivity index (χ4n) is 2.05. The maximum Gasteiger partial charge on any atom is 0.410 e. The van der Waals surface area contributed by atoms with Crippen LogP contribution < -0.4 is 0 Å². The van der Waals surface area contributed by atoms with Crippen molar-refractivity contribution in [2.75, 3.05) is 26.8 Å². The maximum atomic E-state index is 11.6. The van der Waals surface area contributed by atoms with Gasteiger partial charge in [0.2, 0.25) is 0 Å². The van der Waals surface area contributed by atoms with Crippen molar-refractivity contribution in [2.45, 2.75) is 0 Å². The van der Waals surface area contributed by atoms with Crippen molar-refractivity contribution in [3.8, 4) is 5.75 Å². The molecule has 112 valence electrons. The number of rotatable bonds is 4. The van der Waals surface area contributed by atoms with Gasteiger partial charge in [-0.05, 0) is 12.1 Å². The molecular weight excluding hydrogens is 294 g/mol. The summed E-state index contributed by atoms with van der Waals surface area (Å²) in [4.78, 5) is 13.2. The lowest BCUT2D eigenvalue weighted by molar-refractivity contribution is 0.105. The molecule has 1 aliphatic heterocycles. The lowest BCUT2D eigenvalue weighted by Gasteiger charge is -2.34. The van der Waals surface area contributed by atoms with Crippen molar-refractivity contribution in [1.29, 1.82) is 0 Å². The highest BCUT2D eigenvalue weighted by Gasteiger charge is 2.30. The summed E-state index contributed by atoms with van der Waals surface area (Å²) in [7, 11) is 1.53. The second kappa shape index (κ2) is 6.54. The molecule has 1 aromatic carbocycles. The summed E-state index contributed by atoms with van der Waals surface area (Å²) in [5.41, 5.74) is 1.52. The van der Waals surface area contributed by atoms with Crippen LogP contribution in [-0.4, -0.2) is 42.9 Å². The van der Waals surface area contributed by atoms with Gasteiger partial charge in [0.1, 0.15) is 18.1 Å². The average molecular weight is 310 g/mol. The zero-order valence-corrected chi connectivity index (χ0v) is 12.4. The number of phenolic OH excluding ortho intramolecular Hbond substituents is 1. The quantitative estimate of drug-likeness (QED) is 0.686. The van der Waals surface area contributed by atoms with Crippen LogP contribution in [0.3, 0.4) is 0 Å². The van der Waals surface area contributed by atoms with Crippen LogP contribution in [0.2, 0.25) is 5.02 Å². The number of halogens is 1. The number of hydrogen-bond donors (Lipinski definition) is 1. The van der Waals surface area contributed by atoms with Crippen molar-refractivity contribution in [2.24, 2.45) is 0 Å². The van der Waals surface area contributed by atoms with Gasteiger partial charge in [-0.2, -0.15) is 0 Å². The minimum absolute atomic E-state index is 0.00844. The van der Waals surface area contributed by atoms with Gasteiger partial charge in [0.25, 0.3) is 0 Å². The van der Waals surface area contributed by atoms with E-state index < -0.39 is 6.09 Å². The van der Waals surface area contributed by atoms with E-state index in [1.54, 1.807) is 12.1 Å². The van der Waals surface area contributed by atoms with Gasteiger partial charge >= 0.3 is 6.09 Å². The molecule has 0 spiro atoms. The summed E-state index contributed by atoms with van der Waals surface area (Å²) in [6.45, 7) is 4.49. The number of methoxy groups -OCH3 is 1. The molecule has 0 unspecified atom stereocenters. The molecule has 1 aromatic rings. The number of ether oxygens (including phenoxy) is 2. The molecule has 0 radical (unpaired) electrons. The first-order chi connectivity index (χ1) is 10.1. The predicted octanol–water partition coefficient (Wildman–Crippen LogP) is 3.04. The van der Waals surface area contributed by atoms with Gasteiger partial charge < -0.3 is 14.6 Å². The summed E-state index contributed by atoms with van der Waals surface area (Å²) in [6, 6.07) is 4.95. The smallest absolute Gasteiger partial charge is 0.410 e. The molecule has 0 saturated carbocycles. The summed E-state index contributed by atoms with van der Waals surface area (Å²) < 4.78 is 10.3. The van der Waals surface area contributed by atoms with E-state index in [9.17, 15) is 9.90 Å². The Morgan fingerprint density at radius 1 is 1.52 bits per heavy atom. The van der Waals surface area contributed by atoms with Crippen LogP contribution in [0.4, 0.5) is 4.79 Å². The number of likely N-dealkylation sites (tertiary alicyclic amines) is 1. The van der Waals surface area contributed by atoms with E-state index in [-0.39, 0.29) is 17.4 Å². The zero-order valence-electron chi connectivity index (χ0n) is 11.6. The SMILES string of the molecule is C=CCOC(=O)N1CC(=C(OC)c2cccc(O)c2Cl)C1. The molecule has 1 amide bonds. The number of nitrogens with zero attached hydrogens (tertiary/aromatic N) is 1. The third kappa shape index (κ3) is 3.13. The first-order valence-electron chi connectivity index (χ1n) is 6.35. The number of amides is 1. The second-order valence-corrected chi connectivity index (χ2v) is 4.88. The van der Waals surface area contributed by atoms with E-state index in [1.807, 2.05) is 0 Å². The number of hydrogen-bond acceptors (Lipinski definition) is 4. The predicted molar refractivity (Wildman–Crippen MR) is 80.2 cm³/mol. The van der Waals surface area contributed by atoms with E-state index in [0.717, 1.165) is 5.57 Å². The Morgan fingerprint density at radius 2 is 2.24 bits per heavy atom. The molecule has 1 aliphatic rings. The van der Waals surface area contributed by atoms with E-state index >= 15 is 0 Å². The number of phenols is 1. The normalized spacial score (nSPS) is 13.4. The standard InChI is InChI=1S/C15H16ClNO4/c1-3-7-21-15(19)17-8-10(9-17)14(20-2)11-5-4-6-12(18)13(11)16/h3-6,18H,1,7-9H2,2H3. The van der Waals surface area contributed by atoms with Crippen molar-refractivity contribution in [3.63, 3.8) is 0 Å². The minimum atomic E-state index is -0.392. The first kappa shape index (κ1) is 15.3. The van der Waals surface area contributed by atoms with Gasteiger partial charge in [-0.25, -0.2) is 4.79 Å². The third-order valence-corrected chi connectivity index (χ3v) is 3.49. The average Bonchev–Trinajstić information content (AvgIpc) is 2.43. The Balaban J connectivity index is 2.14. The van der Waals surface area contributed by atoms with E-state index in [4.69, 9.17) is 21.1 Å². The molecule has 6 heteroatoms. The molecule has 1 saturated heterocycles. The largest absolute Gasteiger partial charge is 0.506 e. The Bertz CT molecular complexity index is 589.